The van der Waals surface area contributed by atoms with Gasteiger partial charge in [0.25, 0.3) is 0 Å². The van der Waals surface area contributed by atoms with E-state index in [9.17, 15) is 9.59 Å². The Balaban J connectivity index is 1.95. The van der Waals surface area contributed by atoms with Crippen molar-refractivity contribution in [2.75, 3.05) is 0 Å². The normalized spacial score (nSPS) is 17.2. The molecule has 0 radical (unpaired) electrons. The summed E-state index contributed by atoms with van der Waals surface area (Å²) in [7, 11) is 0. The largest absolute Gasteiger partial charge is 0.481 e. The van der Waals surface area contributed by atoms with Crippen LogP contribution in [0.2, 0.25) is 0 Å². The summed E-state index contributed by atoms with van der Waals surface area (Å²) in [6.45, 7) is 0.661. The first kappa shape index (κ1) is 11.7. The minimum absolute atomic E-state index is 0.0633. The lowest BCUT2D eigenvalue weighted by molar-refractivity contribution is -0.138. The van der Waals surface area contributed by atoms with Gasteiger partial charge in [0.05, 0.1) is 5.92 Å². The van der Waals surface area contributed by atoms with Crippen LogP contribution in [0.5, 0.6) is 0 Å². The van der Waals surface area contributed by atoms with Crippen LogP contribution in [0.25, 0.3) is 0 Å². The molecule has 2 aromatic rings. The third-order valence-electron chi connectivity index (χ3n) is 3.54. The fourth-order valence-corrected chi connectivity index (χ4v) is 2.56. The van der Waals surface area contributed by atoms with E-state index in [1.807, 2.05) is 22.8 Å². The van der Waals surface area contributed by atoms with Crippen LogP contribution in [0.4, 0.5) is 0 Å². The van der Waals surface area contributed by atoms with Crippen molar-refractivity contribution in [1.29, 1.82) is 0 Å². The van der Waals surface area contributed by atoms with E-state index in [1.165, 1.54) is 0 Å². The van der Waals surface area contributed by atoms with E-state index in [1.54, 1.807) is 24.4 Å². The molecular weight excluding hydrogens is 242 g/mol. The number of nitrogens with zero attached hydrogens (tertiary/aromatic N) is 1. The quantitative estimate of drug-likeness (QED) is 0.856. The van der Waals surface area contributed by atoms with Crippen molar-refractivity contribution >= 4 is 11.8 Å². The number of ketones is 1. The zero-order valence-electron chi connectivity index (χ0n) is 10.2. The SMILES string of the molecule is O=C(c1ccccc1)c1cc2n(c1)CC[C@@H]2C(=O)O. The number of carbonyl (C=O) groups excluding carboxylic acids is 1. The lowest BCUT2D eigenvalue weighted by Crippen LogP contribution is -2.07. The van der Waals surface area contributed by atoms with Gasteiger partial charge in [-0.1, -0.05) is 30.3 Å². The smallest absolute Gasteiger partial charge is 0.312 e. The second-order valence-corrected chi connectivity index (χ2v) is 4.72. The van der Waals surface area contributed by atoms with E-state index in [4.69, 9.17) is 5.11 Å². The molecule has 0 saturated heterocycles. The number of carboxylic acid groups (broad SMARTS) is 1. The number of hydrogen-bond donors (Lipinski definition) is 1. The number of fused-ring (bicyclic) bond motifs is 1. The van der Waals surface area contributed by atoms with Crippen LogP contribution in [0.15, 0.2) is 42.6 Å². The van der Waals surface area contributed by atoms with Gasteiger partial charge in [-0.15, -0.1) is 0 Å². The molecule has 0 amide bonds. The highest BCUT2D eigenvalue weighted by Gasteiger charge is 2.30. The minimum Gasteiger partial charge on any atom is -0.481 e. The highest BCUT2D eigenvalue weighted by Crippen LogP contribution is 2.30. The Hall–Kier alpha value is -2.36. The molecule has 0 fully saturated rings. The monoisotopic (exact) mass is 255 g/mol. The number of hydrogen-bond acceptors (Lipinski definition) is 2. The Morgan fingerprint density at radius 2 is 1.89 bits per heavy atom. The van der Waals surface area contributed by atoms with E-state index in [0.29, 0.717) is 24.1 Å². The maximum absolute atomic E-state index is 12.3. The highest BCUT2D eigenvalue weighted by atomic mass is 16.4. The average Bonchev–Trinajstić information content (AvgIpc) is 2.98. The molecular formula is C15H13NO3. The summed E-state index contributed by atoms with van der Waals surface area (Å²) in [6, 6.07) is 10.7. The molecule has 1 aromatic carbocycles. The molecule has 1 aliphatic rings. The van der Waals surface area contributed by atoms with E-state index < -0.39 is 11.9 Å². The molecule has 1 aromatic heterocycles. The molecule has 1 atom stereocenters. The molecule has 4 nitrogen and oxygen atoms in total. The van der Waals surface area contributed by atoms with Gasteiger partial charge in [0.2, 0.25) is 0 Å². The second-order valence-electron chi connectivity index (χ2n) is 4.72. The second kappa shape index (κ2) is 4.39. The minimum atomic E-state index is -0.824. The molecule has 0 saturated carbocycles. The Kier molecular flexibility index (Phi) is 2.71. The summed E-state index contributed by atoms with van der Waals surface area (Å²) in [5.41, 5.74) is 1.91. The van der Waals surface area contributed by atoms with Crippen molar-refractivity contribution in [3.05, 3.63) is 59.4 Å². The zero-order chi connectivity index (χ0) is 13.4. The maximum atomic E-state index is 12.3. The van der Waals surface area contributed by atoms with Gasteiger partial charge in [0, 0.05) is 29.6 Å². The van der Waals surface area contributed by atoms with Crippen molar-refractivity contribution in [2.45, 2.75) is 18.9 Å². The summed E-state index contributed by atoms with van der Waals surface area (Å²) >= 11 is 0. The van der Waals surface area contributed by atoms with Gasteiger partial charge in [-0.2, -0.15) is 0 Å². The number of benzene rings is 1. The summed E-state index contributed by atoms with van der Waals surface area (Å²) < 4.78 is 1.87. The molecule has 19 heavy (non-hydrogen) atoms. The topological polar surface area (TPSA) is 59.3 Å². The van der Waals surface area contributed by atoms with Gasteiger partial charge in [-0.05, 0) is 12.5 Å². The number of carbonyl (C=O) groups is 2. The first-order valence-electron chi connectivity index (χ1n) is 6.19. The number of aliphatic carboxylic acids is 1. The fourth-order valence-electron chi connectivity index (χ4n) is 2.56. The first-order valence-corrected chi connectivity index (χ1v) is 6.19. The summed E-state index contributed by atoms with van der Waals surface area (Å²) in [4.78, 5) is 23.4. The van der Waals surface area contributed by atoms with Gasteiger partial charge >= 0.3 is 5.97 Å². The predicted octanol–water partition coefficient (Wildman–Crippen LogP) is 2.29. The molecule has 1 N–H and O–H groups in total. The highest BCUT2D eigenvalue weighted by molar-refractivity contribution is 6.09. The van der Waals surface area contributed by atoms with Crippen LogP contribution in [0.1, 0.15) is 34.0 Å². The van der Waals surface area contributed by atoms with E-state index in [0.717, 1.165) is 5.69 Å². The van der Waals surface area contributed by atoms with Gasteiger partial charge in [0.15, 0.2) is 5.78 Å². The standard InChI is InChI=1S/C15H13NO3/c17-14(10-4-2-1-3-5-10)11-8-13-12(15(18)19)6-7-16(13)9-11/h1-5,8-9,12H,6-7H2,(H,18,19)/t12-/m0/s1. The lowest BCUT2D eigenvalue weighted by Gasteiger charge is -2.01. The molecule has 0 aliphatic carbocycles. The molecule has 2 heterocycles. The summed E-state index contributed by atoms with van der Waals surface area (Å²) in [5, 5.41) is 9.13. The van der Waals surface area contributed by atoms with Crippen LogP contribution in [0, 0.1) is 0 Å². The van der Waals surface area contributed by atoms with Gasteiger partial charge < -0.3 is 9.67 Å². The number of aromatic nitrogens is 1. The van der Waals surface area contributed by atoms with Crippen LogP contribution in [-0.4, -0.2) is 21.4 Å². The molecule has 0 unspecified atom stereocenters. The molecule has 0 bridgehead atoms. The maximum Gasteiger partial charge on any atom is 0.312 e. The van der Waals surface area contributed by atoms with Gasteiger partial charge in [-0.3, -0.25) is 9.59 Å². The van der Waals surface area contributed by atoms with E-state index >= 15 is 0 Å². The Morgan fingerprint density at radius 3 is 2.58 bits per heavy atom. The van der Waals surface area contributed by atoms with Gasteiger partial charge in [0.1, 0.15) is 0 Å². The first-order chi connectivity index (χ1) is 9.16. The van der Waals surface area contributed by atoms with Gasteiger partial charge in [-0.25, -0.2) is 0 Å². The third kappa shape index (κ3) is 1.95. The van der Waals surface area contributed by atoms with Crippen molar-refractivity contribution in [3.8, 4) is 0 Å². The van der Waals surface area contributed by atoms with Crippen molar-refractivity contribution in [1.82, 2.24) is 4.57 Å². The van der Waals surface area contributed by atoms with Crippen LogP contribution >= 0.6 is 0 Å². The van der Waals surface area contributed by atoms with Crippen LogP contribution < -0.4 is 0 Å². The molecule has 1 aliphatic heterocycles. The van der Waals surface area contributed by atoms with Crippen LogP contribution in [-0.2, 0) is 11.3 Å². The third-order valence-corrected chi connectivity index (χ3v) is 3.54. The fraction of sp³-hybridized carbons (Fsp3) is 0.200. The molecule has 0 spiro atoms. The van der Waals surface area contributed by atoms with E-state index in [-0.39, 0.29) is 5.78 Å². The number of aryl methyl sites for hydroxylation is 1. The molecule has 96 valence electrons. The van der Waals surface area contributed by atoms with Crippen molar-refractivity contribution < 1.29 is 14.7 Å². The van der Waals surface area contributed by atoms with Crippen molar-refractivity contribution in [2.24, 2.45) is 0 Å². The molecule has 4 heteroatoms. The Bertz CT molecular complexity index is 643. The van der Waals surface area contributed by atoms with Crippen LogP contribution in [0.3, 0.4) is 0 Å². The Morgan fingerprint density at radius 1 is 1.16 bits per heavy atom. The number of carboxylic acids is 1. The lowest BCUT2D eigenvalue weighted by atomic mass is 10.0. The predicted molar refractivity (Wildman–Crippen MR) is 69.3 cm³/mol. The Labute approximate surface area is 110 Å². The van der Waals surface area contributed by atoms with E-state index in [2.05, 4.69) is 0 Å². The summed E-state index contributed by atoms with van der Waals surface area (Å²) in [6.07, 6.45) is 2.36. The average molecular weight is 255 g/mol. The summed E-state index contributed by atoms with van der Waals surface area (Å²) in [5.74, 6) is -1.38. The number of rotatable bonds is 3. The zero-order valence-corrected chi connectivity index (χ0v) is 10.2. The van der Waals surface area contributed by atoms with Crippen molar-refractivity contribution in [3.63, 3.8) is 0 Å². The molecule has 3 rings (SSSR count).